The lowest BCUT2D eigenvalue weighted by molar-refractivity contribution is -0.161. The summed E-state index contributed by atoms with van der Waals surface area (Å²) in [4.78, 5) is 73.0. The van der Waals surface area contributed by atoms with E-state index in [0.29, 0.717) is 37.5 Å². The van der Waals surface area contributed by atoms with Crippen LogP contribution in [-0.4, -0.2) is 96.7 Å². The maximum absolute atomic E-state index is 13.1. The topological polar surface area (TPSA) is 237 Å². The number of carbonyl (C=O) groups excluding carboxylic acids is 4. The molecule has 0 saturated carbocycles. The highest BCUT2D eigenvalue weighted by molar-refractivity contribution is 7.47. The number of unbranched alkanes of at least 4 members (excludes halogenated alkanes) is 46. The molecule has 17 nitrogen and oxygen atoms in total. The Morgan fingerprint density at radius 2 is 0.466 bits per heavy atom. The Labute approximate surface area is 632 Å². The summed E-state index contributed by atoms with van der Waals surface area (Å²) in [6.07, 6.45) is 61.5. The van der Waals surface area contributed by atoms with Crippen LogP contribution >= 0.6 is 15.6 Å². The van der Waals surface area contributed by atoms with E-state index in [9.17, 15) is 43.2 Å². The number of rotatable bonds is 81. The maximum atomic E-state index is 13.1. The van der Waals surface area contributed by atoms with E-state index in [2.05, 4.69) is 55.4 Å². The van der Waals surface area contributed by atoms with Gasteiger partial charge in [0.1, 0.15) is 19.3 Å². The Morgan fingerprint density at radius 1 is 0.272 bits per heavy atom. The van der Waals surface area contributed by atoms with Crippen molar-refractivity contribution in [1.29, 1.82) is 0 Å². The summed E-state index contributed by atoms with van der Waals surface area (Å²) in [5.74, 6) is 0.979. The number of esters is 4. The lowest BCUT2D eigenvalue weighted by atomic mass is 9.99. The van der Waals surface area contributed by atoms with Gasteiger partial charge in [-0.1, -0.05) is 383 Å². The molecule has 103 heavy (non-hydrogen) atoms. The van der Waals surface area contributed by atoms with E-state index in [-0.39, 0.29) is 25.7 Å². The predicted octanol–water partition coefficient (Wildman–Crippen LogP) is 25.2. The fourth-order valence-electron chi connectivity index (χ4n) is 12.9. The minimum atomic E-state index is -4.96. The van der Waals surface area contributed by atoms with Crippen LogP contribution in [0.1, 0.15) is 434 Å². The van der Waals surface area contributed by atoms with E-state index >= 15 is 0 Å². The van der Waals surface area contributed by atoms with Gasteiger partial charge in [0.2, 0.25) is 0 Å². The second kappa shape index (κ2) is 72.9. The van der Waals surface area contributed by atoms with Crippen molar-refractivity contribution in [3.05, 3.63) is 0 Å². The van der Waals surface area contributed by atoms with E-state index in [0.717, 1.165) is 108 Å². The van der Waals surface area contributed by atoms with E-state index in [1.165, 1.54) is 231 Å². The summed E-state index contributed by atoms with van der Waals surface area (Å²) < 4.78 is 68.7. The Balaban J connectivity index is 5.10. The van der Waals surface area contributed by atoms with Crippen LogP contribution in [0.5, 0.6) is 0 Å². The average molecular weight is 1510 g/mol. The third kappa shape index (κ3) is 76.6. The molecule has 612 valence electrons. The molecule has 0 aromatic carbocycles. The fourth-order valence-corrected chi connectivity index (χ4v) is 14.5. The molecular weight excluding hydrogens is 1340 g/mol. The fraction of sp³-hybridized carbons (Fsp3) is 0.952. The summed E-state index contributed by atoms with van der Waals surface area (Å²) in [5, 5.41) is 10.6. The van der Waals surface area contributed by atoms with Crippen LogP contribution in [-0.2, 0) is 65.4 Å². The first-order valence-corrected chi connectivity index (χ1v) is 46.2. The summed E-state index contributed by atoms with van der Waals surface area (Å²) in [7, 11) is -9.92. The SMILES string of the molecule is CCC(C)CCCCCCCCCCCCCCCCCCCCC(=O)O[C@H](COC(=O)CCCCCCCCCC(C)C)COP(=O)(O)OCC(O)COP(=O)(O)OC[C@@H](COC(=O)CCCCCCCCCCCCCCCCCCCCC(C)C)OC(=O)CCCCCCCCCC(C)C. The molecular formula is C84H164O17P2. The van der Waals surface area contributed by atoms with Crippen LogP contribution in [0, 0.1) is 23.7 Å². The molecule has 0 aromatic heterocycles. The van der Waals surface area contributed by atoms with Crippen LogP contribution < -0.4 is 0 Å². The molecule has 0 saturated heterocycles. The molecule has 0 radical (unpaired) electrons. The summed E-state index contributed by atoms with van der Waals surface area (Å²) >= 11 is 0. The first kappa shape index (κ1) is 101. The predicted molar refractivity (Wildman–Crippen MR) is 423 cm³/mol. The Bertz CT molecular complexity index is 2010. The van der Waals surface area contributed by atoms with Gasteiger partial charge in [-0.05, 0) is 49.4 Å². The minimum absolute atomic E-state index is 0.104. The lowest BCUT2D eigenvalue weighted by Crippen LogP contribution is -2.30. The lowest BCUT2D eigenvalue weighted by Gasteiger charge is -2.21. The second-order valence-electron chi connectivity index (χ2n) is 31.9. The molecule has 0 bridgehead atoms. The number of aliphatic hydroxyl groups is 1. The van der Waals surface area contributed by atoms with Crippen LogP contribution in [0.3, 0.4) is 0 Å². The zero-order valence-electron chi connectivity index (χ0n) is 68.0. The zero-order chi connectivity index (χ0) is 76.0. The van der Waals surface area contributed by atoms with E-state index < -0.39 is 97.5 Å². The third-order valence-electron chi connectivity index (χ3n) is 19.9. The maximum Gasteiger partial charge on any atom is 0.472 e. The van der Waals surface area contributed by atoms with Gasteiger partial charge in [-0.2, -0.15) is 0 Å². The number of aliphatic hydroxyl groups excluding tert-OH is 1. The van der Waals surface area contributed by atoms with Crippen molar-refractivity contribution in [3.63, 3.8) is 0 Å². The number of ether oxygens (including phenoxy) is 4. The van der Waals surface area contributed by atoms with Crippen molar-refractivity contribution in [3.8, 4) is 0 Å². The van der Waals surface area contributed by atoms with Gasteiger partial charge in [0.25, 0.3) is 0 Å². The molecule has 0 amide bonds. The number of phosphoric ester groups is 2. The molecule has 0 spiro atoms. The highest BCUT2D eigenvalue weighted by Gasteiger charge is 2.30. The standard InChI is InChI=1S/C84H164O17P2/c1-9-77(8)63-55-47-39-31-27-23-19-15-11-13-17-21-25-29-33-41-50-58-66-83(88)100-79(71-95-82(87)65-57-49-42-34-37-45-53-61-75(4)5)72-98-102(90,91)96-68-78(85)69-97-103(92,93)99-73-80(101-84(89)67-59-51-43-35-38-46-54-62-76(6)7)70-94-81(86)64-56-48-40-32-28-24-20-16-12-10-14-18-22-26-30-36-44-52-60-74(2)3/h74-80,85H,9-73H2,1-8H3,(H,90,91)(H,92,93)/t77?,78?,79-,80-/m1/s1. The number of hydrogen-bond donors (Lipinski definition) is 3. The van der Waals surface area contributed by atoms with Gasteiger partial charge in [-0.3, -0.25) is 37.3 Å². The summed E-state index contributed by atoms with van der Waals surface area (Å²) in [5.41, 5.74) is 0. The van der Waals surface area contributed by atoms with Gasteiger partial charge in [-0.15, -0.1) is 0 Å². The Morgan fingerprint density at radius 3 is 0.689 bits per heavy atom. The van der Waals surface area contributed by atoms with Gasteiger partial charge in [0.05, 0.1) is 26.4 Å². The molecule has 0 heterocycles. The van der Waals surface area contributed by atoms with E-state index in [1.807, 2.05) is 0 Å². The first-order valence-electron chi connectivity index (χ1n) is 43.2. The Hall–Kier alpha value is -1.94. The first-order chi connectivity index (χ1) is 49.6. The molecule has 3 N–H and O–H groups in total. The molecule has 19 heteroatoms. The van der Waals surface area contributed by atoms with Gasteiger partial charge in [-0.25, -0.2) is 9.13 Å². The molecule has 0 aliphatic heterocycles. The van der Waals surface area contributed by atoms with Gasteiger partial charge in [0.15, 0.2) is 12.2 Å². The van der Waals surface area contributed by atoms with Gasteiger partial charge in [0, 0.05) is 25.7 Å². The normalized spacial score (nSPS) is 14.2. The summed E-state index contributed by atoms with van der Waals surface area (Å²) in [6, 6.07) is 0. The van der Waals surface area contributed by atoms with Crippen molar-refractivity contribution < 1.29 is 80.2 Å². The monoisotopic (exact) mass is 1510 g/mol. The van der Waals surface area contributed by atoms with Crippen LogP contribution in [0.15, 0.2) is 0 Å². The summed E-state index contributed by atoms with van der Waals surface area (Å²) in [6.45, 7) is 14.2. The Kier molecular flexibility index (Phi) is 71.5. The number of carbonyl (C=O) groups is 4. The largest absolute Gasteiger partial charge is 0.472 e. The van der Waals surface area contributed by atoms with Crippen molar-refractivity contribution in [2.45, 2.75) is 453 Å². The van der Waals surface area contributed by atoms with Crippen LogP contribution in [0.4, 0.5) is 0 Å². The average Bonchev–Trinajstić information content (AvgIpc) is 0.915. The van der Waals surface area contributed by atoms with Crippen LogP contribution in [0.25, 0.3) is 0 Å². The van der Waals surface area contributed by atoms with E-state index in [1.54, 1.807) is 0 Å². The molecule has 0 rings (SSSR count). The highest BCUT2D eigenvalue weighted by atomic mass is 31.2. The molecule has 0 aromatic rings. The van der Waals surface area contributed by atoms with Crippen molar-refractivity contribution in [2.75, 3.05) is 39.6 Å². The molecule has 0 fully saturated rings. The smallest absolute Gasteiger partial charge is 0.462 e. The van der Waals surface area contributed by atoms with Crippen molar-refractivity contribution in [1.82, 2.24) is 0 Å². The molecule has 6 atom stereocenters. The molecule has 0 aliphatic carbocycles. The number of hydrogen-bond acceptors (Lipinski definition) is 15. The molecule has 4 unspecified atom stereocenters. The van der Waals surface area contributed by atoms with Crippen molar-refractivity contribution in [2.24, 2.45) is 23.7 Å². The second-order valence-corrected chi connectivity index (χ2v) is 34.8. The molecule has 0 aliphatic rings. The van der Waals surface area contributed by atoms with E-state index in [4.69, 9.17) is 37.0 Å². The van der Waals surface area contributed by atoms with Gasteiger partial charge >= 0.3 is 39.5 Å². The van der Waals surface area contributed by atoms with Crippen LogP contribution in [0.2, 0.25) is 0 Å². The zero-order valence-corrected chi connectivity index (χ0v) is 69.7. The third-order valence-corrected chi connectivity index (χ3v) is 21.8. The minimum Gasteiger partial charge on any atom is -0.462 e. The number of phosphoric acid groups is 2. The van der Waals surface area contributed by atoms with Crippen molar-refractivity contribution >= 4 is 39.5 Å². The quantitative estimate of drug-likeness (QED) is 0.0222. The highest BCUT2D eigenvalue weighted by Crippen LogP contribution is 2.45. The van der Waals surface area contributed by atoms with Gasteiger partial charge < -0.3 is 33.8 Å².